The number of piperidine rings is 1. The lowest BCUT2D eigenvalue weighted by molar-refractivity contribution is -0.133. The SMILES string of the molecule is CN1C2COCC1CC(O)(Cc1cc(F)ccc1C#N)C2. The van der Waals surface area contributed by atoms with Crippen molar-refractivity contribution in [2.24, 2.45) is 0 Å². The molecule has 2 aliphatic heterocycles. The van der Waals surface area contributed by atoms with Gasteiger partial charge in [0.2, 0.25) is 0 Å². The van der Waals surface area contributed by atoms with Crippen LogP contribution in [0.25, 0.3) is 0 Å². The van der Waals surface area contributed by atoms with Crippen molar-refractivity contribution in [1.29, 1.82) is 5.26 Å². The van der Waals surface area contributed by atoms with E-state index < -0.39 is 5.60 Å². The van der Waals surface area contributed by atoms with Crippen molar-refractivity contribution >= 4 is 0 Å². The van der Waals surface area contributed by atoms with Crippen LogP contribution in [0.2, 0.25) is 0 Å². The fourth-order valence-electron chi connectivity index (χ4n) is 3.56. The molecule has 1 N–H and O–H groups in total. The Hall–Kier alpha value is -1.48. The number of ether oxygens (including phenoxy) is 1. The first-order valence-corrected chi connectivity index (χ1v) is 7.21. The summed E-state index contributed by atoms with van der Waals surface area (Å²) in [5.74, 6) is -0.371. The van der Waals surface area contributed by atoms with E-state index in [1.807, 2.05) is 0 Å². The van der Waals surface area contributed by atoms with Crippen molar-refractivity contribution < 1.29 is 14.2 Å². The predicted octanol–water partition coefficient (Wildman–Crippen LogP) is 1.46. The second kappa shape index (κ2) is 5.38. The van der Waals surface area contributed by atoms with Gasteiger partial charge in [-0.25, -0.2) is 4.39 Å². The van der Waals surface area contributed by atoms with Crippen LogP contribution in [0.1, 0.15) is 24.0 Å². The van der Waals surface area contributed by atoms with Gasteiger partial charge in [-0.1, -0.05) is 0 Å². The number of aliphatic hydroxyl groups is 1. The molecule has 21 heavy (non-hydrogen) atoms. The number of likely N-dealkylation sites (N-methyl/N-ethyl adjacent to an activating group) is 1. The third kappa shape index (κ3) is 2.80. The van der Waals surface area contributed by atoms with Crippen molar-refractivity contribution in [2.45, 2.75) is 36.9 Å². The maximum absolute atomic E-state index is 13.4. The number of benzene rings is 1. The van der Waals surface area contributed by atoms with E-state index in [9.17, 15) is 9.50 Å². The molecule has 0 amide bonds. The summed E-state index contributed by atoms with van der Waals surface area (Å²) in [7, 11) is 2.06. The second-order valence-corrected chi connectivity index (χ2v) is 6.23. The molecule has 0 aliphatic carbocycles. The van der Waals surface area contributed by atoms with Gasteiger partial charge in [0.15, 0.2) is 0 Å². The van der Waals surface area contributed by atoms with E-state index in [0.29, 0.717) is 43.6 Å². The standard InChI is InChI=1S/C16H19FN2O2/c1-19-14-6-16(20,7-15(19)10-21-9-14)5-12-4-13(17)3-2-11(12)8-18/h2-4,14-15,20H,5-7,9-10H2,1H3. The number of nitriles is 1. The molecular weight excluding hydrogens is 271 g/mol. The molecule has 2 unspecified atom stereocenters. The zero-order valence-electron chi connectivity index (χ0n) is 12.1. The van der Waals surface area contributed by atoms with Gasteiger partial charge in [-0.05, 0) is 43.7 Å². The second-order valence-electron chi connectivity index (χ2n) is 6.23. The molecule has 2 bridgehead atoms. The van der Waals surface area contributed by atoms with Gasteiger partial charge in [0.05, 0.1) is 30.4 Å². The lowest BCUT2D eigenvalue weighted by Crippen LogP contribution is -2.60. The van der Waals surface area contributed by atoms with E-state index >= 15 is 0 Å². The molecule has 3 rings (SSSR count). The zero-order valence-corrected chi connectivity index (χ0v) is 12.1. The molecule has 2 aliphatic rings. The summed E-state index contributed by atoms with van der Waals surface area (Å²) >= 11 is 0. The average molecular weight is 290 g/mol. The lowest BCUT2D eigenvalue weighted by atomic mass is 9.77. The van der Waals surface area contributed by atoms with Gasteiger partial charge in [-0.2, -0.15) is 5.26 Å². The quantitative estimate of drug-likeness (QED) is 0.896. The monoisotopic (exact) mass is 290 g/mol. The van der Waals surface area contributed by atoms with Crippen LogP contribution in [0.5, 0.6) is 0 Å². The van der Waals surface area contributed by atoms with Crippen molar-refractivity contribution in [3.8, 4) is 6.07 Å². The molecule has 2 saturated heterocycles. The Morgan fingerprint density at radius 2 is 2.10 bits per heavy atom. The highest BCUT2D eigenvalue weighted by atomic mass is 19.1. The Balaban J connectivity index is 1.84. The number of halogens is 1. The number of fused-ring (bicyclic) bond motifs is 2. The molecule has 112 valence electrons. The molecule has 2 atom stereocenters. The van der Waals surface area contributed by atoms with Crippen LogP contribution in [0.3, 0.4) is 0 Å². The van der Waals surface area contributed by atoms with Crippen LogP contribution in [-0.2, 0) is 11.2 Å². The molecule has 0 radical (unpaired) electrons. The summed E-state index contributed by atoms with van der Waals surface area (Å²) < 4.78 is 19.0. The van der Waals surface area contributed by atoms with E-state index in [0.717, 1.165) is 0 Å². The highest BCUT2D eigenvalue weighted by Gasteiger charge is 2.44. The van der Waals surface area contributed by atoms with Crippen LogP contribution in [-0.4, -0.2) is 48.0 Å². The fourth-order valence-corrected chi connectivity index (χ4v) is 3.56. The van der Waals surface area contributed by atoms with Gasteiger partial charge in [-0.3, -0.25) is 4.90 Å². The van der Waals surface area contributed by atoms with Crippen LogP contribution in [0.4, 0.5) is 4.39 Å². The number of morpholine rings is 1. The van der Waals surface area contributed by atoms with E-state index in [4.69, 9.17) is 10.00 Å². The van der Waals surface area contributed by atoms with Gasteiger partial charge in [0.1, 0.15) is 5.82 Å². The summed E-state index contributed by atoms with van der Waals surface area (Å²) in [6, 6.07) is 6.56. The van der Waals surface area contributed by atoms with E-state index in [-0.39, 0.29) is 17.9 Å². The molecule has 1 aromatic rings. The largest absolute Gasteiger partial charge is 0.389 e. The minimum Gasteiger partial charge on any atom is -0.389 e. The lowest BCUT2D eigenvalue weighted by Gasteiger charge is -2.50. The number of hydrogen-bond donors (Lipinski definition) is 1. The summed E-state index contributed by atoms with van der Waals surface area (Å²) in [4.78, 5) is 2.26. The molecule has 4 nitrogen and oxygen atoms in total. The van der Waals surface area contributed by atoms with Crippen molar-refractivity contribution in [3.05, 3.63) is 35.1 Å². The van der Waals surface area contributed by atoms with Crippen LogP contribution in [0.15, 0.2) is 18.2 Å². The molecule has 5 heteroatoms. The maximum Gasteiger partial charge on any atom is 0.123 e. The maximum atomic E-state index is 13.4. The molecule has 2 heterocycles. The Bertz CT molecular complexity index is 570. The van der Waals surface area contributed by atoms with Gasteiger partial charge in [0.25, 0.3) is 0 Å². The highest BCUT2D eigenvalue weighted by molar-refractivity contribution is 5.39. The summed E-state index contributed by atoms with van der Waals surface area (Å²) in [6.07, 6.45) is 1.48. The number of hydrogen-bond acceptors (Lipinski definition) is 4. The molecule has 0 spiro atoms. The first kappa shape index (κ1) is 14.5. The minimum atomic E-state index is -0.898. The number of nitrogens with zero attached hydrogens (tertiary/aromatic N) is 2. The van der Waals surface area contributed by atoms with Gasteiger partial charge in [0, 0.05) is 18.5 Å². The Kier molecular flexibility index (Phi) is 3.70. The zero-order chi connectivity index (χ0) is 15.0. The Labute approximate surface area is 123 Å². The third-order valence-electron chi connectivity index (χ3n) is 4.71. The van der Waals surface area contributed by atoms with E-state index in [1.54, 1.807) is 0 Å². The van der Waals surface area contributed by atoms with Crippen LogP contribution < -0.4 is 0 Å². The predicted molar refractivity (Wildman–Crippen MR) is 75.2 cm³/mol. The molecule has 2 fully saturated rings. The number of rotatable bonds is 2. The van der Waals surface area contributed by atoms with Crippen molar-refractivity contribution in [3.63, 3.8) is 0 Å². The molecule has 1 aromatic carbocycles. The van der Waals surface area contributed by atoms with Gasteiger partial charge in [-0.15, -0.1) is 0 Å². The Morgan fingerprint density at radius 3 is 2.71 bits per heavy atom. The van der Waals surface area contributed by atoms with Gasteiger partial charge < -0.3 is 9.84 Å². The van der Waals surface area contributed by atoms with Gasteiger partial charge >= 0.3 is 0 Å². The smallest absolute Gasteiger partial charge is 0.123 e. The van der Waals surface area contributed by atoms with Crippen LogP contribution >= 0.6 is 0 Å². The normalized spacial score (nSPS) is 32.7. The average Bonchev–Trinajstić information content (AvgIpc) is 2.41. The summed E-state index contributed by atoms with van der Waals surface area (Å²) in [6.45, 7) is 1.23. The minimum absolute atomic E-state index is 0.182. The summed E-state index contributed by atoms with van der Waals surface area (Å²) in [5.41, 5.74) is 0.124. The first-order valence-electron chi connectivity index (χ1n) is 7.21. The molecule has 0 aromatic heterocycles. The Morgan fingerprint density at radius 1 is 1.43 bits per heavy atom. The first-order chi connectivity index (χ1) is 10.0. The molecular formula is C16H19FN2O2. The van der Waals surface area contributed by atoms with E-state index in [2.05, 4.69) is 18.0 Å². The van der Waals surface area contributed by atoms with Crippen LogP contribution in [0, 0.1) is 17.1 Å². The molecule has 0 saturated carbocycles. The third-order valence-corrected chi connectivity index (χ3v) is 4.71. The summed E-state index contributed by atoms with van der Waals surface area (Å²) in [5, 5.41) is 20.1. The highest BCUT2D eigenvalue weighted by Crippen LogP contribution is 2.36. The van der Waals surface area contributed by atoms with Crippen molar-refractivity contribution in [1.82, 2.24) is 4.90 Å². The van der Waals surface area contributed by atoms with E-state index in [1.165, 1.54) is 18.2 Å². The fraction of sp³-hybridized carbons (Fsp3) is 0.562. The van der Waals surface area contributed by atoms with Crippen molar-refractivity contribution in [2.75, 3.05) is 20.3 Å². The topological polar surface area (TPSA) is 56.5 Å².